The van der Waals surface area contributed by atoms with Crippen molar-refractivity contribution in [3.8, 4) is 5.75 Å². The Morgan fingerprint density at radius 3 is 2.74 bits per heavy atom. The van der Waals surface area contributed by atoms with Gasteiger partial charge in [-0.2, -0.15) is 0 Å². The lowest BCUT2D eigenvalue weighted by molar-refractivity contribution is 0.296. The van der Waals surface area contributed by atoms with Gasteiger partial charge in [0.25, 0.3) is 0 Å². The van der Waals surface area contributed by atoms with E-state index >= 15 is 0 Å². The summed E-state index contributed by atoms with van der Waals surface area (Å²) in [7, 11) is 3.68. The number of rotatable bonds is 5. The molecule has 5 heteroatoms. The number of nitrogen functional groups attached to an aromatic ring is 1. The van der Waals surface area contributed by atoms with Crippen molar-refractivity contribution < 1.29 is 9.26 Å². The lowest BCUT2D eigenvalue weighted by Gasteiger charge is -2.17. The van der Waals surface area contributed by atoms with Crippen LogP contribution in [0.3, 0.4) is 0 Å². The third kappa shape index (κ3) is 3.48. The summed E-state index contributed by atoms with van der Waals surface area (Å²) in [6.45, 7) is 3.37. The quantitative estimate of drug-likeness (QED) is 0.836. The van der Waals surface area contributed by atoms with Crippen LogP contribution in [-0.2, 0) is 13.1 Å². The number of aryl methyl sites for hydroxylation is 1. The Morgan fingerprint density at radius 2 is 2.11 bits per heavy atom. The maximum atomic E-state index is 5.74. The number of benzene rings is 1. The van der Waals surface area contributed by atoms with E-state index in [4.69, 9.17) is 15.0 Å². The van der Waals surface area contributed by atoms with Crippen LogP contribution in [0.25, 0.3) is 0 Å². The van der Waals surface area contributed by atoms with Gasteiger partial charge in [-0.15, -0.1) is 0 Å². The van der Waals surface area contributed by atoms with Crippen LogP contribution in [0.15, 0.2) is 28.8 Å². The van der Waals surface area contributed by atoms with Crippen molar-refractivity contribution in [1.82, 2.24) is 10.1 Å². The molecule has 0 spiro atoms. The van der Waals surface area contributed by atoms with Gasteiger partial charge in [0, 0.05) is 36.5 Å². The molecule has 2 rings (SSSR count). The topological polar surface area (TPSA) is 64.5 Å². The molecule has 0 fully saturated rings. The van der Waals surface area contributed by atoms with Gasteiger partial charge >= 0.3 is 0 Å². The van der Waals surface area contributed by atoms with E-state index in [0.717, 1.165) is 35.9 Å². The first-order valence-corrected chi connectivity index (χ1v) is 6.11. The van der Waals surface area contributed by atoms with E-state index in [-0.39, 0.29) is 0 Å². The number of nitrogens with two attached hydrogens (primary N) is 1. The second kappa shape index (κ2) is 5.75. The third-order valence-electron chi connectivity index (χ3n) is 2.86. The van der Waals surface area contributed by atoms with Crippen LogP contribution in [0.4, 0.5) is 5.69 Å². The van der Waals surface area contributed by atoms with Gasteiger partial charge in [0.15, 0.2) is 0 Å². The van der Waals surface area contributed by atoms with Gasteiger partial charge in [0.05, 0.1) is 12.8 Å². The minimum atomic E-state index is 0.704. The summed E-state index contributed by atoms with van der Waals surface area (Å²) in [4.78, 5) is 2.14. The number of aromatic nitrogens is 1. The molecule has 0 aliphatic carbocycles. The zero-order valence-electron chi connectivity index (χ0n) is 11.5. The molecule has 0 saturated heterocycles. The van der Waals surface area contributed by atoms with Crippen LogP contribution in [0, 0.1) is 6.92 Å². The molecule has 1 heterocycles. The first kappa shape index (κ1) is 13.4. The molecular formula is C14H19N3O2. The summed E-state index contributed by atoms with van der Waals surface area (Å²) in [5.41, 5.74) is 8.47. The largest absolute Gasteiger partial charge is 0.496 e. The minimum absolute atomic E-state index is 0.704. The fraction of sp³-hybridized carbons (Fsp3) is 0.357. The summed E-state index contributed by atoms with van der Waals surface area (Å²) in [5.74, 6) is 1.64. The highest BCUT2D eigenvalue weighted by Gasteiger charge is 2.09. The second-order valence-corrected chi connectivity index (χ2v) is 4.67. The molecule has 0 saturated carbocycles. The molecule has 102 valence electrons. The zero-order chi connectivity index (χ0) is 13.8. The van der Waals surface area contributed by atoms with Gasteiger partial charge in [0.1, 0.15) is 11.5 Å². The average Bonchev–Trinajstić information content (AvgIpc) is 2.76. The average molecular weight is 261 g/mol. The zero-order valence-corrected chi connectivity index (χ0v) is 11.5. The SMILES string of the molecule is COc1cc(N)ccc1CN(C)Cc1cc(C)on1. The molecule has 5 nitrogen and oxygen atoms in total. The third-order valence-corrected chi connectivity index (χ3v) is 2.86. The molecule has 0 radical (unpaired) electrons. The number of anilines is 1. The smallest absolute Gasteiger partial charge is 0.133 e. The Kier molecular flexibility index (Phi) is 4.06. The molecule has 0 unspecified atom stereocenters. The summed E-state index contributed by atoms with van der Waals surface area (Å²) < 4.78 is 10.4. The van der Waals surface area contributed by atoms with Gasteiger partial charge in [-0.05, 0) is 20.0 Å². The number of hydrogen-bond donors (Lipinski definition) is 1. The Balaban J connectivity index is 2.04. The van der Waals surface area contributed by atoms with E-state index in [0.29, 0.717) is 5.69 Å². The van der Waals surface area contributed by atoms with E-state index in [1.807, 2.05) is 38.2 Å². The van der Waals surface area contributed by atoms with Crippen LogP contribution in [-0.4, -0.2) is 24.2 Å². The van der Waals surface area contributed by atoms with Crippen LogP contribution < -0.4 is 10.5 Å². The first-order valence-electron chi connectivity index (χ1n) is 6.11. The van der Waals surface area contributed by atoms with Gasteiger partial charge in [0.2, 0.25) is 0 Å². The predicted molar refractivity (Wildman–Crippen MR) is 73.8 cm³/mol. The maximum absolute atomic E-state index is 5.74. The fourth-order valence-electron chi connectivity index (χ4n) is 2.01. The molecule has 2 aromatic rings. The number of nitrogens with zero attached hydrogens (tertiary/aromatic N) is 2. The summed E-state index contributed by atoms with van der Waals surface area (Å²) in [6.07, 6.45) is 0. The van der Waals surface area contributed by atoms with E-state index in [1.54, 1.807) is 7.11 Å². The molecule has 1 aromatic heterocycles. The molecular weight excluding hydrogens is 242 g/mol. The maximum Gasteiger partial charge on any atom is 0.133 e. The Hall–Kier alpha value is -2.01. The fourth-order valence-corrected chi connectivity index (χ4v) is 2.01. The van der Waals surface area contributed by atoms with E-state index in [9.17, 15) is 0 Å². The van der Waals surface area contributed by atoms with Crippen molar-refractivity contribution in [2.24, 2.45) is 0 Å². The summed E-state index contributed by atoms with van der Waals surface area (Å²) in [6, 6.07) is 7.64. The van der Waals surface area contributed by atoms with E-state index in [1.165, 1.54) is 0 Å². The minimum Gasteiger partial charge on any atom is -0.496 e. The molecule has 2 N–H and O–H groups in total. The molecule has 0 aliphatic heterocycles. The highest BCUT2D eigenvalue weighted by molar-refractivity contribution is 5.48. The van der Waals surface area contributed by atoms with Crippen LogP contribution in [0.2, 0.25) is 0 Å². The summed E-state index contributed by atoms with van der Waals surface area (Å²) >= 11 is 0. The molecule has 0 amide bonds. The molecule has 0 bridgehead atoms. The van der Waals surface area contributed by atoms with Gasteiger partial charge in [-0.25, -0.2) is 0 Å². The molecule has 0 aliphatic rings. The van der Waals surface area contributed by atoms with E-state index in [2.05, 4.69) is 10.1 Å². The van der Waals surface area contributed by atoms with E-state index < -0.39 is 0 Å². The highest BCUT2D eigenvalue weighted by atomic mass is 16.5. The lowest BCUT2D eigenvalue weighted by atomic mass is 10.1. The second-order valence-electron chi connectivity index (χ2n) is 4.67. The van der Waals surface area contributed by atoms with Crippen molar-refractivity contribution in [1.29, 1.82) is 0 Å². The van der Waals surface area contributed by atoms with Crippen molar-refractivity contribution in [2.75, 3.05) is 19.9 Å². The monoisotopic (exact) mass is 261 g/mol. The molecule has 0 atom stereocenters. The van der Waals surface area contributed by atoms with Gasteiger partial charge < -0.3 is 15.0 Å². The van der Waals surface area contributed by atoms with Crippen molar-refractivity contribution in [3.63, 3.8) is 0 Å². The van der Waals surface area contributed by atoms with Crippen molar-refractivity contribution in [3.05, 3.63) is 41.3 Å². The normalized spacial score (nSPS) is 10.9. The van der Waals surface area contributed by atoms with Crippen LogP contribution in [0.1, 0.15) is 17.0 Å². The summed E-state index contributed by atoms with van der Waals surface area (Å²) in [5, 5.41) is 3.99. The van der Waals surface area contributed by atoms with Crippen molar-refractivity contribution >= 4 is 5.69 Å². The van der Waals surface area contributed by atoms with Crippen LogP contribution in [0.5, 0.6) is 5.75 Å². The highest BCUT2D eigenvalue weighted by Crippen LogP contribution is 2.23. The van der Waals surface area contributed by atoms with Crippen molar-refractivity contribution in [2.45, 2.75) is 20.0 Å². The number of ether oxygens (including phenoxy) is 1. The van der Waals surface area contributed by atoms with Gasteiger partial charge in [-0.1, -0.05) is 11.2 Å². The Labute approximate surface area is 112 Å². The standard InChI is InChI=1S/C14H19N3O2/c1-10-6-13(16-19-10)9-17(2)8-11-4-5-12(15)7-14(11)18-3/h4-7H,8-9,15H2,1-3H3. The van der Waals surface area contributed by atoms with Crippen LogP contribution >= 0.6 is 0 Å². The Bertz CT molecular complexity index is 551. The van der Waals surface area contributed by atoms with Gasteiger partial charge in [-0.3, -0.25) is 4.90 Å². The predicted octanol–water partition coefficient (Wildman–Crippen LogP) is 2.21. The molecule has 19 heavy (non-hydrogen) atoms. The number of hydrogen-bond acceptors (Lipinski definition) is 5. The lowest BCUT2D eigenvalue weighted by Crippen LogP contribution is -2.18. The number of methoxy groups -OCH3 is 1. The molecule has 1 aromatic carbocycles. The Morgan fingerprint density at radius 1 is 1.32 bits per heavy atom. The first-order chi connectivity index (χ1) is 9.08.